The molecule has 0 spiro atoms. The van der Waals surface area contributed by atoms with Crippen LogP contribution in [0.25, 0.3) is 10.2 Å². The largest absolute Gasteiger partial charge is 0.492 e. The lowest BCUT2D eigenvalue weighted by atomic mass is 10.1. The fourth-order valence-corrected chi connectivity index (χ4v) is 4.75. The van der Waals surface area contributed by atoms with Gasteiger partial charge in [0.05, 0.1) is 16.6 Å². The van der Waals surface area contributed by atoms with Crippen LogP contribution < -0.4 is 15.0 Å². The number of carboxylic acid groups (broad SMARTS) is 1. The van der Waals surface area contributed by atoms with Gasteiger partial charge in [-0.1, -0.05) is 35.1 Å². The molecule has 1 atom stereocenters. The Hall–Kier alpha value is -2.35. The van der Waals surface area contributed by atoms with Gasteiger partial charge in [0.15, 0.2) is 5.13 Å². The van der Waals surface area contributed by atoms with Crippen molar-refractivity contribution in [2.24, 2.45) is 0 Å². The second-order valence-electron chi connectivity index (χ2n) is 7.06. The monoisotopic (exact) mass is 431 g/mol. The van der Waals surface area contributed by atoms with Crippen molar-refractivity contribution >= 4 is 44.3 Å². The van der Waals surface area contributed by atoms with E-state index in [1.165, 1.54) is 0 Å². The van der Waals surface area contributed by atoms with E-state index in [-0.39, 0.29) is 6.42 Å². The van der Waals surface area contributed by atoms with Gasteiger partial charge in [0.2, 0.25) is 0 Å². The van der Waals surface area contributed by atoms with E-state index < -0.39 is 5.97 Å². The number of carboxylic acids is 1. The van der Waals surface area contributed by atoms with E-state index in [0.29, 0.717) is 18.4 Å². The number of ether oxygens (including phenoxy) is 1. The number of thiazole rings is 1. The van der Waals surface area contributed by atoms with Crippen molar-refractivity contribution in [1.82, 2.24) is 10.3 Å². The van der Waals surface area contributed by atoms with Crippen molar-refractivity contribution in [1.29, 1.82) is 0 Å². The fraction of sp³-hybridized carbons (Fsp3) is 0.333. The summed E-state index contributed by atoms with van der Waals surface area (Å²) in [6.45, 7) is 3.16. The second kappa shape index (κ2) is 8.98. The van der Waals surface area contributed by atoms with Gasteiger partial charge in [-0.2, -0.15) is 0 Å². The van der Waals surface area contributed by atoms with Gasteiger partial charge in [-0.25, -0.2) is 4.98 Å². The van der Waals surface area contributed by atoms with Crippen molar-refractivity contribution in [2.75, 3.05) is 31.1 Å². The van der Waals surface area contributed by atoms with Gasteiger partial charge in [0, 0.05) is 30.7 Å². The van der Waals surface area contributed by atoms with Gasteiger partial charge in [0.1, 0.15) is 12.4 Å². The summed E-state index contributed by atoms with van der Waals surface area (Å²) in [6.07, 6.45) is 1.07. The Balaban J connectivity index is 1.24. The van der Waals surface area contributed by atoms with Gasteiger partial charge in [-0.3, -0.25) is 4.79 Å². The number of aromatic nitrogens is 1. The second-order valence-corrected chi connectivity index (χ2v) is 8.51. The van der Waals surface area contributed by atoms with E-state index in [1.54, 1.807) is 23.5 Å². The highest BCUT2D eigenvalue weighted by atomic mass is 35.5. The molecule has 0 radical (unpaired) electrons. The summed E-state index contributed by atoms with van der Waals surface area (Å²) < 4.78 is 6.87. The highest BCUT2D eigenvalue weighted by molar-refractivity contribution is 7.22. The minimum Gasteiger partial charge on any atom is -0.492 e. The third kappa shape index (κ3) is 5.18. The molecule has 1 saturated heterocycles. The van der Waals surface area contributed by atoms with E-state index in [0.717, 1.165) is 52.0 Å². The SMILES string of the molecule is O=C(O)Cc1cccc(OCCNC2CCN(c3nc4ccc(Cl)cc4s3)C2)c1. The summed E-state index contributed by atoms with van der Waals surface area (Å²) in [5.74, 6) is -0.141. The van der Waals surface area contributed by atoms with Crippen LogP contribution in [-0.4, -0.2) is 48.3 Å². The number of fused-ring (bicyclic) bond motifs is 1. The number of anilines is 1. The third-order valence-electron chi connectivity index (χ3n) is 4.86. The molecule has 6 nitrogen and oxygen atoms in total. The van der Waals surface area contributed by atoms with Crippen molar-refractivity contribution < 1.29 is 14.6 Å². The molecule has 8 heteroatoms. The number of rotatable bonds is 8. The molecule has 1 aliphatic heterocycles. The molecular formula is C21H22ClN3O3S. The molecule has 4 rings (SSSR count). The zero-order valence-electron chi connectivity index (χ0n) is 15.8. The lowest BCUT2D eigenvalue weighted by molar-refractivity contribution is -0.136. The molecule has 1 aromatic heterocycles. The number of halogens is 1. The predicted molar refractivity (Wildman–Crippen MR) is 117 cm³/mol. The summed E-state index contributed by atoms with van der Waals surface area (Å²) in [5, 5.41) is 14.2. The Bertz CT molecular complexity index is 1010. The zero-order chi connectivity index (χ0) is 20.2. The first-order valence-corrected chi connectivity index (χ1v) is 10.7. The molecule has 2 N–H and O–H groups in total. The van der Waals surface area contributed by atoms with Crippen LogP contribution in [0.3, 0.4) is 0 Å². The van der Waals surface area contributed by atoms with Crippen molar-refractivity contribution in [3.8, 4) is 5.75 Å². The summed E-state index contributed by atoms with van der Waals surface area (Å²) in [5.41, 5.74) is 1.73. The van der Waals surface area contributed by atoms with Crippen LogP contribution >= 0.6 is 22.9 Å². The average molecular weight is 432 g/mol. The van der Waals surface area contributed by atoms with Crippen molar-refractivity contribution in [3.63, 3.8) is 0 Å². The van der Waals surface area contributed by atoms with E-state index in [1.807, 2.05) is 30.3 Å². The highest BCUT2D eigenvalue weighted by Gasteiger charge is 2.24. The van der Waals surface area contributed by atoms with E-state index in [2.05, 4.69) is 10.2 Å². The van der Waals surface area contributed by atoms with E-state index in [9.17, 15) is 4.79 Å². The quantitative estimate of drug-likeness (QED) is 0.528. The topological polar surface area (TPSA) is 74.7 Å². The molecule has 152 valence electrons. The standard InChI is InChI=1S/C21H22ClN3O3S/c22-15-4-5-18-19(12-15)29-21(24-18)25-8-6-16(13-25)23-7-9-28-17-3-1-2-14(10-17)11-20(26)27/h1-5,10,12,16,23H,6-9,11,13H2,(H,26,27). The van der Waals surface area contributed by atoms with Crippen LogP contribution in [0.2, 0.25) is 5.02 Å². The van der Waals surface area contributed by atoms with Gasteiger partial charge in [0.25, 0.3) is 0 Å². The van der Waals surface area contributed by atoms with Gasteiger partial charge >= 0.3 is 5.97 Å². The Morgan fingerprint density at radius 3 is 3.10 bits per heavy atom. The summed E-state index contributed by atoms with van der Waals surface area (Å²) >= 11 is 7.75. The maximum absolute atomic E-state index is 10.8. The Morgan fingerprint density at radius 1 is 1.34 bits per heavy atom. The molecule has 29 heavy (non-hydrogen) atoms. The van der Waals surface area contributed by atoms with Crippen LogP contribution in [-0.2, 0) is 11.2 Å². The third-order valence-corrected chi connectivity index (χ3v) is 6.17. The molecule has 1 unspecified atom stereocenters. The summed E-state index contributed by atoms with van der Waals surface area (Å²) in [4.78, 5) is 17.9. The average Bonchev–Trinajstić information content (AvgIpc) is 3.31. The van der Waals surface area contributed by atoms with Crippen LogP contribution in [0, 0.1) is 0 Å². The van der Waals surface area contributed by atoms with Crippen molar-refractivity contribution in [3.05, 3.63) is 53.1 Å². The van der Waals surface area contributed by atoms with Crippen LogP contribution in [0.15, 0.2) is 42.5 Å². The number of benzene rings is 2. The highest BCUT2D eigenvalue weighted by Crippen LogP contribution is 2.32. The fourth-order valence-electron chi connectivity index (χ4n) is 3.47. The lowest BCUT2D eigenvalue weighted by Gasteiger charge is -2.16. The molecular weight excluding hydrogens is 410 g/mol. The number of hydrogen-bond donors (Lipinski definition) is 2. The first-order chi connectivity index (χ1) is 14.1. The zero-order valence-corrected chi connectivity index (χ0v) is 17.4. The van der Waals surface area contributed by atoms with Gasteiger partial charge in [-0.05, 0) is 42.3 Å². The van der Waals surface area contributed by atoms with Crippen LogP contribution in [0.4, 0.5) is 5.13 Å². The Kier molecular flexibility index (Phi) is 6.18. The summed E-state index contributed by atoms with van der Waals surface area (Å²) in [7, 11) is 0. The number of nitrogens with zero attached hydrogens (tertiary/aromatic N) is 2. The molecule has 1 aliphatic rings. The number of carbonyl (C=O) groups is 1. The molecule has 0 bridgehead atoms. The van der Waals surface area contributed by atoms with E-state index >= 15 is 0 Å². The first kappa shape index (κ1) is 19.9. The van der Waals surface area contributed by atoms with E-state index in [4.69, 9.17) is 26.4 Å². The molecule has 0 saturated carbocycles. The molecule has 0 aliphatic carbocycles. The summed E-state index contributed by atoms with van der Waals surface area (Å²) in [6, 6.07) is 13.4. The minimum absolute atomic E-state index is 0.00529. The van der Waals surface area contributed by atoms with Crippen LogP contribution in [0.1, 0.15) is 12.0 Å². The minimum atomic E-state index is -0.842. The molecule has 1 fully saturated rings. The van der Waals surface area contributed by atoms with Gasteiger partial charge < -0.3 is 20.1 Å². The molecule has 3 aromatic rings. The maximum atomic E-state index is 10.8. The van der Waals surface area contributed by atoms with Crippen LogP contribution in [0.5, 0.6) is 5.75 Å². The van der Waals surface area contributed by atoms with Gasteiger partial charge in [-0.15, -0.1) is 0 Å². The Morgan fingerprint density at radius 2 is 2.24 bits per heavy atom. The smallest absolute Gasteiger partial charge is 0.307 e. The van der Waals surface area contributed by atoms with Crippen molar-refractivity contribution in [2.45, 2.75) is 18.9 Å². The number of hydrogen-bond acceptors (Lipinski definition) is 6. The number of aliphatic carboxylic acids is 1. The predicted octanol–water partition coefficient (Wildman–Crippen LogP) is 3.82. The number of nitrogens with one attached hydrogen (secondary N) is 1. The normalized spacial score (nSPS) is 16.4. The molecule has 2 aromatic carbocycles. The lowest BCUT2D eigenvalue weighted by Crippen LogP contribution is -2.35. The maximum Gasteiger partial charge on any atom is 0.307 e. The molecule has 2 heterocycles. The Labute approximate surface area is 178 Å². The first-order valence-electron chi connectivity index (χ1n) is 9.55. The molecule has 0 amide bonds.